The summed E-state index contributed by atoms with van der Waals surface area (Å²) in [6.07, 6.45) is 0.620. The molecular weight excluding hydrogens is 221 g/mol. The molecule has 0 aliphatic rings. The second-order valence-electron chi connectivity index (χ2n) is 3.19. The average Bonchev–Trinajstić information content (AvgIpc) is 2.23. The van der Waals surface area contributed by atoms with E-state index in [2.05, 4.69) is 5.32 Å². The molecule has 0 aliphatic heterocycles. The molecular formula is C10H11F3N2O. The molecule has 0 saturated carbocycles. The molecule has 1 amide bonds. The normalized spacial score (nSPS) is 10.2. The standard InChI is InChI=1S/C10H11F3N2O/c11-7-4-6(5-8(12)10(7)13)15-9(16)2-1-3-14/h4-5H,1-3,14H2,(H,15,16). The zero-order valence-corrected chi connectivity index (χ0v) is 8.40. The molecule has 1 rings (SSSR count). The third-order valence-electron chi connectivity index (χ3n) is 1.88. The molecule has 1 aromatic carbocycles. The first-order valence-corrected chi connectivity index (χ1v) is 4.69. The van der Waals surface area contributed by atoms with Crippen LogP contribution >= 0.6 is 0 Å². The number of amides is 1. The summed E-state index contributed by atoms with van der Waals surface area (Å²) in [5.74, 6) is -4.65. The van der Waals surface area contributed by atoms with Crippen molar-refractivity contribution in [2.75, 3.05) is 11.9 Å². The summed E-state index contributed by atoms with van der Waals surface area (Å²) in [7, 11) is 0. The predicted molar refractivity (Wildman–Crippen MR) is 53.2 cm³/mol. The number of hydrogen-bond acceptors (Lipinski definition) is 2. The summed E-state index contributed by atoms with van der Waals surface area (Å²) in [5.41, 5.74) is 5.08. The van der Waals surface area contributed by atoms with Gasteiger partial charge >= 0.3 is 0 Å². The van der Waals surface area contributed by atoms with Crippen molar-refractivity contribution >= 4 is 11.6 Å². The number of anilines is 1. The molecule has 3 nitrogen and oxygen atoms in total. The van der Waals surface area contributed by atoms with Gasteiger partial charge in [-0.25, -0.2) is 13.2 Å². The minimum atomic E-state index is -1.56. The van der Waals surface area contributed by atoms with E-state index in [1.807, 2.05) is 0 Å². The topological polar surface area (TPSA) is 55.1 Å². The van der Waals surface area contributed by atoms with Crippen molar-refractivity contribution in [3.05, 3.63) is 29.6 Å². The summed E-state index contributed by atoms with van der Waals surface area (Å²) in [4.78, 5) is 11.2. The number of carbonyl (C=O) groups is 1. The maximum absolute atomic E-state index is 12.8. The van der Waals surface area contributed by atoms with E-state index < -0.39 is 23.4 Å². The van der Waals surface area contributed by atoms with Gasteiger partial charge in [0.1, 0.15) is 0 Å². The number of nitrogens with two attached hydrogens (primary N) is 1. The Morgan fingerprint density at radius 3 is 2.31 bits per heavy atom. The molecule has 0 bridgehead atoms. The van der Waals surface area contributed by atoms with Gasteiger partial charge in [-0.3, -0.25) is 4.79 Å². The molecule has 1 aromatic rings. The molecule has 88 valence electrons. The van der Waals surface area contributed by atoms with Gasteiger partial charge in [0, 0.05) is 24.2 Å². The summed E-state index contributed by atoms with van der Waals surface area (Å²) in [6, 6.07) is 1.44. The number of benzene rings is 1. The molecule has 3 N–H and O–H groups in total. The maximum Gasteiger partial charge on any atom is 0.224 e. The number of nitrogens with one attached hydrogen (secondary N) is 1. The minimum Gasteiger partial charge on any atom is -0.330 e. The van der Waals surface area contributed by atoms with Gasteiger partial charge < -0.3 is 11.1 Å². The van der Waals surface area contributed by atoms with E-state index in [9.17, 15) is 18.0 Å². The molecule has 0 atom stereocenters. The zero-order valence-electron chi connectivity index (χ0n) is 8.40. The third kappa shape index (κ3) is 3.23. The van der Waals surface area contributed by atoms with Crippen LogP contribution in [0.25, 0.3) is 0 Å². The molecule has 0 heterocycles. The van der Waals surface area contributed by atoms with Gasteiger partial charge in [0.05, 0.1) is 0 Å². The van der Waals surface area contributed by atoms with Gasteiger partial charge in [0.2, 0.25) is 5.91 Å². The Balaban J connectivity index is 2.71. The lowest BCUT2D eigenvalue weighted by atomic mass is 10.2. The Kier molecular flexibility index (Phi) is 4.30. The van der Waals surface area contributed by atoms with Gasteiger partial charge in [-0.05, 0) is 13.0 Å². The largest absolute Gasteiger partial charge is 0.330 e. The van der Waals surface area contributed by atoms with Gasteiger partial charge in [-0.1, -0.05) is 0 Å². The second kappa shape index (κ2) is 5.50. The first-order valence-electron chi connectivity index (χ1n) is 4.69. The van der Waals surface area contributed by atoms with Crippen molar-refractivity contribution < 1.29 is 18.0 Å². The molecule has 6 heteroatoms. The molecule has 0 fully saturated rings. The average molecular weight is 232 g/mol. The van der Waals surface area contributed by atoms with E-state index in [1.54, 1.807) is 0 Å². The van der Waals surface area contributed by atoms with E-state index in [-0.39, 0.29) is 12.1 Å². The van der Waals surface area contributed by atoms with E-state index in [0.717, 1.165) is 12.1 Å². The molecule has 16 heavy (non-hydrogen) atoms. The SMILES string of the molecule is NCCCC(=O)Nc1cc(F)c(F)c(F)c1. The summed E-state index contributed by atoms with van der Waals surface area (Å²) in [5, 5.41) is 2.24. The van der Waals surface area contributed by atoms with E-state index in [0.29, 0.717) is 13.0 Å². The lowest BCUT2D eigenvalue weighted by molar-refractivity contribution is -0.116. The Morgan fingerprint density at radius 2 is 1.81 bits per heavy atom. The Morgan fingerprint density at radius 1 is 1.25 bits per heavy atom. The van der Waals surface area contributed by atoms with Crippen molar-refractivity contribution in [3.63, 3.8) is 0 Å². The number of carbonyl (C=O) groups excluding carboxylic acids is 1. The van der Waals surface area contributed by atoms with Crippen LogP contribution in [0.2, 0.25) is 0 Å². The number of halogens is 3. The van der Waals surface area contributed by atoms with Gasteiger partial charge in [0.15, 0.2) is 17.5 Å². The summed E-state index contributed by atoms with van der Waals surface area (Å²) in [6.45, 7) is 0.347. The predicted octanol–water partition coefficient (Wildman–Crippen LogP) is 1.78. The van der Waals surface area contributed by atoms with Crippen molar-refractivity contribution in [1.82, 2.24) is 0 Å². The van der Waals surface area contributed by atoms with Crippen LogP contribution in [0.1, 0.15) is 12.8 Å². The Hall–Kier alpha value is -1.56. The van der Waals surface area contributed by atoms with Gasteiger partial charge in [-0.15, -0.1) is 0 Å². The van der Waals surface area contributed by atoms with Crippen molar-refractivity contribution in [3.8, 4) is 0 Å². The first-order chi connectivity index (χ1) is 7.54. The number of rotatable bonds is 4. The fourth-order valence-corrected chi connectivity index (χ4v) is 1.11. The van der Waals surface area contributed by atoms with Crippen LogP contribution in [0.3, 0.4) is 0 Å². The molecule has 0 radical (unpaired) electrons. The Bertz CT molecular complexity index is 373. The van der Waals surface area contributed by atoms with Crippen molar-refractivity contribution in [1.29, 1.82) is 0 Å². The fourth-order valence-electron chi connectivity index (χ4n) is 1.11. The number of hydrogen-bond donors (Lipinski definition) is 2. The highest BCUT2D eigenvalue weighted by Crippen LogP contribution is 2.17. The van der Waals surface area contributed by atoms with E-state index in [4.69, 9.17) is 5.73 Å². The fraction of sp³-hybridized carbons (Fsp3) is 0.300. The summed E-state index contributed by atoms with van der Waals surface area (Å²) < 4.78 is 38.1. The molecule has 0 aliphatic carbocycles. The van der Waals surface area contributed by atoms with Crippen molar-refractivity contribution in [2.45, 2.75) is 12.8 Å². The van der Waals surface area contributed by atoms with Crippen LogP contribution in [0.15, 0.2) is 12.1 Å². The first kappa shape index (κ1) is 12.5. The Labute approximate surface area is 90.4 Å². The van der Waals surface area contributed by atoms with Crippen LogP contribution in [0.5, 0.6) is 0 Å². The van der Waals surface area contributed by atoms with Gasteiger partial charge in [0.25, 0.3) is 0 Å². The smallest absolute Gasteiger partial charge is 0.224 e. The van der Waals surface area contributed by atoms with E-state index >= 15 is 0 Å². The van der Waals surface area contributed by atoms with Crippen LogP contribution in [0, 0.1) is 17.5 Å². The second-order valence-corrected chi connectivity index (χ2v) is 3.19. The molecule has 0 saturated heterocycles. The van der Waals surface area contributed by atoms with Crippen molar-refractivity contribution in [2.24, 2.45) is 5.73 Å². The summed E-state index contributed by atoms with van der Waals surface area (Å²) >= 11 is 0. The van der Waals surface area contributed by atoms with E-state index in [1.165, 1.54) is 0 Å². The van der Waals surface area contributed by atoms with Crippen LogP contribution < -0.4 is 11.1 Å². The highest BCUT2D eigenvalue weighted by molar-refractivity contribution is 5.90. The lowest BCUT2D eigenvalue weighted by Gasteiger charge is -2.05. The molecule has 0 unspecified atom stereocenters. The highest BCUT2D eigenvalue weighted by atomic mass is 19.2. The van der Waals surface area contributed by atoms with Crippen LogP contribution in [0.4, 0.5) is 18.9 Å². The minimum absolute atomic E-state index is 0.113. The quantitative estimate of drug-likeness (QED) is 0.777. The van der Waals surface area contributed by atoms with Gasteiger partial charge in [-0.2, -0.15) is 0 Å². The van der Waals surface area contributed by atoms with Crippen LogP contribution in [-0.2, 0) is 4.79 Å². The highest BCUT2D eigenvalue weighted by Gasteiger charge is 2.11. The molecule has 0 spiro atoms. The molecule has 0 aromatic heterocycles. The third-order valence-corrected chi connectivity index (χ3v) is 1.88. The maximum atomic E-state index is 12.8. The monoisotopic (exact) mass is 232 g/mol. The van der Waals surface area contributed by atoms with Crippen LogP contribution in [-0.4, -0.2) is 12.5 Å². The zero-order chi connectivity index (χ0) is 12.1. The lowest BCUT2D eigenvalue weighted by Crippen LogP contribution is -2.14.